The van der Waals surface area contributed by atoms with Crippen molar-refractivity contribution in [2.75, 3.05) is 5.73 Å². The van der Waals surface area contributed by atoms with Crippen LogP contribution >= 0.6 is 23.2 Å². The molecule has 3 aromatic rings. The van der Waals surface area contributed by atoms with E-state index in [1.165, 1.54) is 10.9 Å². The quantitative estimate of drug-likeness (QED) is 0.550. The summed E-state index contributed by atoms with van der Waals surface area (Å²) in [4.78, 5) is 0. The first-order valence-electron chi connectivity index (χ1n) is 7.01. The Kier molecular flexibility index (Phi) is 4.77. The largest absolute Gasteiger partial charge is 0.378 e. The van der Waals surface area contributed by atoms with Crippen molar-refractivity contribution in [2.24, 2.45) is 10.2 Å². The lowest BCUT2D eigenvalue weighted by Gasteiger charge is -1.99. The van der Waals surface area contributed by atoms with Gasteiger partial charge in [0.25, 0.3) is 0 Å². The molecule has 0 aliphatic carbocycles. The van der Waals surface area contributed by atoms with Gasteiger partial charge in [0.15, 0.2) is 0 Å². The molecule has 0 fully saturated rings. The average molecular weight is 379 g/mol. The van der Waals surface area contributed by atoms with E-state index in [2.05, 4.69) is 35.5 Å². The van der Waals surface area contributed by atoms with Crippen LogP contribution in [-0.4, -0.2) is 37.2 Å². The van der Waals surface area contributed by atoms with E-state index >= 15 is 0 Å². The molecular weight excluding hydrogens is 367 g/mol. The highest BCUT2D eigenvalue weighted by Gasteiger charge is 2.17. The van der Waals surface area contributed by atoms with Crippen LogP contribution in [0.1, 0.15) is 23.9 Å². The summed E-state index contributed by atoms with van der Waals surface area (Å²) in [6, 6.07) is 5.10. The maximum atomic E-state index is 6.08. The molecular formula is C14H12Cl2N8O. The highest BCUT2D eigenvalue weighted by molar-refractivity contribution is 6.36. The third-order valence-corrected chi connectivity index (χ3v) is 3.86. The number of anilines is 1. The third-order valence-electron chi connectivity index (χ3n) is 3.30. The van der Waals surface area contributed by atoms with Crippen LogP contribution < -0.4 is 5.73 Å². The summed E-state index contributed by atoms with van der Waals surface area (Å²) in [5.41, 5.74) is 8.13. The first-order chi connectivity index (χ1) is 12.0. The summed E-state index contributed by atoms with van der Waals surface area (Å²) in [6.07, 6.45) is 1.53. The van der Waals surface area contributed by atoms with Crippen LogP contribution in [0, 0.1) is 6.92 Å². The van der Waals surface area contributed by atoms with Gasteiger partial charge >= 0.3 is 0 Å². The van der Waals surface area contributed by atoms with Gasteiger partial charge in [0.2, 0.25) is 11.6 Å². The third kappa shape index (κ3) is 3.52. The van der Waals surface area contributed by atoms with Gasteiger partial charge in [-0.05, 0) is 36.3 Å². The Morgan fingerprint density at radius 2 is 2.12 bits per heavy atom. The molecule has 2 N–H and O–H groups in total. The standard InChI is InChI=1S/C14H12Cl2N8O/c1-7(19-18-6-9-3-4-10(15)5-11(9)16)12-8(2)24(23-20-12)14-13(17)21-25-22-14/h3-6H,1-2H3,(H2,17,21)/b18-6-,19-7+. The lowest BCUT2D eigenvalue weighted by atomic mass is 10.2. The summed E-state index contributed by atoms with van der Waals surface area (Å²) >= 11 is 11.9. The summed E-state index contributed by atoms with van der Waals surface area (Å²) in [6.45, 7) is 3.55. The topological polar surface area (TPSA) is 120 Å². The van der Waals surface area contributed by atoms with Crippen LogP contribution in [0.5, 0.6) is 0 Å². The predicted octanol–water partition coefficient (Wildman–Crippen LogP) is 2.69. The average Bonchev–Trinajstić information content (AvgIpc) is 3.15. The molecule has 3 rings (SSSR count). The number of benzene rings is 1. The van der Waals surface area contributed by atoms with Gasteiger partial charge in [-0.25, -0.2) is 4.63 Å². The number of hydrogen-bond acceptors (Lipinski definition) is 8. The minimum absolute atomic E-state index is 0.115. The molecule has 0 amide bonds. The van der Waals surface area contributed by atoms with Gasteiger partial charge in [0.05, 0.1) is 22.6 Å². The molecule has 11 heteroatoms. The zero-order chi connectivity index (χ0) is 18.0. The van der Waals surface area contributed by atoms with Gasteiger partial charge in [0.1, 0.15) is 5.69 Å². The number of nitrogens with two attached hydrogens (primary N) is 1. The number of hydrogen-bond donors (Lipinski definition) is 1. The van der Waals surface area contributed by atoms with Crippen molar-refractivity contribution < 1.29 is 4.63 Å². The van der Waals surface area contributed by atoms with Crippen LogP contribution in [0.2, 0.25) is 10.0 Å². The number of nitrogens with zero attached hydrogens (tertiary/aromatic N) is 7. The van der Waals surface area contributed by atoms with E-state index in [9.17, 15) is 0 Å². The Balaban J connectivity index is 1.85. The minimum Gasteiger partial charge on any atom is -0.378 e. The summed E-state index contributed by atoms with van der Waals surface area (Å²) in [5.74, 6) is 0.380. The van der Waals surface area contributed by atoms with E-state index in [0.717, 1.165) is 0 Å². The molecule has 0 radical (unpaired) electrons. The summed E-state index contributed by atoms with van der Waals surface area (Å²) < 4.78 is 5.99. The molecule has 0 spiro atoms. The van der Waals surface area contributed by atoms with Gasteiger partial charge in [-0.1, -0.05) is 34.5 Å². The molecule has 1 aromatic carbocycles. The molecule has 0 unspecified atom stereocenters. The molecule has 0 aliphatic heterocycles. The fourth-order valence-corrected chi connectivity index (χ4v) is 2.49. The van der Waals surface area contributed by atoms with Crippen molar-refractivity contribution in [2.45, 2.75) is 13.8 Å². The SMILES string of the molecule is C/C(=N\N=C/c1ccc(Cl)cc1Cl)c1nnn(-c2nonc2N)c1C. The summed E-state index contributed by atoms with van der Waals surface area (Å²) in [5, 5.41) is 24.4. The monoisotopic (exact) mass is 378 g/mol. The van der Waals surface area contributed by atoms with Crippen molar-refractivity contribution in [1.82, 2.24) is 25.3 Å². The fourth-order valence-electron chi connectivity index (χ4n) is 2.03. The van der Waals surface area contributed by atoms with Crippen LogP contribution in [-0.2, 0) is 0 Å². The molecule has 2 heterocycles. The minimum atomic E-state index is 0.115. The van der Waals surface area contributed by atoms with Crippen molar-refractivity contribution >= 4 is 40.9 Å². The first kappa shape index (κ1) is 17.1. The molecule has 0 saturated carbocycles. The van der Waals surface area contributed by atoms with Gasteiger partial charge in [0, 0.05) is 10.6 Å². The molecule has 128 valence electrons. The Bertz CT molecular complexity index is 975. The number of rotatable bonds is 4. The lowest BCUT2D eigenvalue weighted by Crippen LogP contribution is -2.04. The maximum Gasteiger partial charge on any atom is 0.243 e. The van der Waals surface area contributed by atoms with Crippen molar-refractivity contribution in [3.8, 4) is 5.82 Å². The lowest BCUT2D eigenvalue weighted by molar-refractivity contribution is 0.306. The van der Waals surface area contributed by atoms with Crippen LogP contribution in [0.25, 0.3) is 5.82 Å². The second kappa shape index (κ2) is 6.99. The second-order valence-corrected chi connectivity index (χ2v) is 5.85. The molecule has 25 heavy (non-hydrogen) atoms. The Hall–Kier alpha value is -2.78. The van der Waals surface area contributed by atoms with E-state index in [4.69, 9.17) is 28.9 Å². The first-order valence-corrected chi connectivity index (χ1v) is 7.76. The van der Waals surface area contributed by atoms with Crippen LogP contribution in [0.3, 0.4) is 0 Å². The molecule has 0 saturated heterocycles. The zero-order valence-electron chi connectivity index (χ0n) is 13.2. The van der Waals surface area contributed by atoms with Gasteiger partial charge in [-0.15, -0.1) is 5.10 Å². The van der Waals surface area contributed by atoms with E-state index in [0.29, 0.717) is 32.7 Å². The predicted molar refractivity (Wildman–Crippen MR) is 94.6 cm³/mol. The highest BCUT2D eigenvalue weighted by Crippen LogP contribution is 2.19. The fraction of sp³-hybridized carbons (Fsp3) is 0.143. The molecule has 2 aromatic heterocycles. The van der Waals surface area contributed by atoms with E-state index < -0.39 is 0 Å². The number of halogens is 2. The molecule has 9 nitrogen and oxygen atoms in total. The van der Waals surface area contributed by atoms with Crippen LogP contribution in [0.4, 0.5) is 5.82 Å². The Labute approximate surface area is 152 Å². The van der Waals surface area contributed by atoms with Gasteiger partial charge < -0.3 is 5.73 Å². The van der Waals surface area contributed by atoms with Crippen molar-refractivity contribution in [3.05, 3.63) is 45.2 Å². The highest BCUT2D eigenvalue weighted by atomic mass is 35.5. The van der Waals surface area contributed by atoms with Gasteiger partial charge in [-0.3, -0.25) is 0 Å². The van der Waals surface area contributed by atoms with E-state index in [-0.39, 0.29) is 11.6 Å². The Morgan fingerprint density at radius 1 is 1.32 bits per heavy atom. The summed E-state index contributed by atoms with van der Waals surface area (Å²) in [7, 11) is 0. The zero-order valence-corrected chi connectivity index (χ0v) is 14.7. The number of aromatic nitrogens is 5. The van der Waals surface area contributed by atoms with E-state index in [1.807, 2.05) is 0 Å². The Morgan fingerprint density at radius 3 is 2.80 bits per heavy atom. The van der Waals surface area contributed by atoms with Crippen molar-refractivity contribution in [3.63, 3.8) is 0 Å². The second-order valence-electron chi connectivity index (χ2n) is 5.00. The smallest absolute Gasteiger partial charge is 0.243 e. The maximum absolute atomic E-state index is 6.08. The van der Waals surface area contributed by atoms with Crippen LogP contribution in [0.15, 0.2) is 33.0 Å². The molecule has 0 aliphatic rings. The normalized spacial score (nSPS) is 12.2. The van der Waals surface area contributed by atoms with Gasteiger partial charge in [-0.2, -0.15) is 14.9 Å². The molecule has 0 atom stereocenters. The number of nitrogen functional groups attached to an aromatic ring is 1. The van der Waals surface area contributed by atoms with E-state index in [1.54, 1.807) is 32.0 Å². The molecule has 0 bridgehead atoms. The van der Waals surface area contributed by atoms with Crippen molar-refractivity contribution in [1.29, 1.82) is 0 Å².